The van der Waals surface area contributed by atoms with E-state index in [9.17, 15) is 19.7 Å². The molecule has 2 amide bonds. The number of nitrogens with zero attached hydrogens (tertiary/aromatic N) is 3. The van der Waals surface area contributed by atoms with E-state index in [1.165, 1.54) is 43.5 Å². The van der Waals surface area contributed by atoms with Crippen LogP contribution in [0.25, 0.3) is 0 Å². The first kappa shape index (κ1) is 20.1. The molecule has 10 nitrogen and oxygen atoms in total. The van der Waals surface area contributed by atoms with Gasteiger partial charge < -0.3 is 19.7 Å². The lowest BCUT2D eigenvalue weighted by Crippen LogP contribution is -2.36. The van der Waals surface area contributed by atoms with Gasteiger partial charge in [-0.05, 0) is 0 Å². The van der Waals surface area contributed by atoms with E-state index in [0.717, 1.165) is 6.07 Å². The molecular formula is C16H18N4O6S. The van der Waals surface area contributed by atoms with Gasteiger partial charge in [-0.2, -0.15) is 0 Å². The van der Waals surface area contributed by atoms with Crippen molar-refractivity contribution in [3.8, 4) is 11.5 Å². The summed E-state index contributed by atoms with van der Waals surface area (Å²) >= 11 is 1.39. The number of hydrogen-bond acceptors (Lipinski definition) is 8. The summed E-state index contributed by atoms with van der Waals surface area (Å²) in [7, 11) is 4.43. The molecule has 2 rings (SSSR count). The van der Waals surface area contributed by atoms with Crippen molar-refractivity contribution in [1.82, 2.24) is 15.2 Å². The van der Waals surface area contributed by atoms with E-state index < -0.39 is 16.5 Å². The summed E-state index contributed by atoms with van der Waals surface area (Å²) in [4.78, 5) is 40.0. The monoisotopic (exact) mass is 394 g/mol. The second-order valence-corrected chi connectivity index (χ2v) is 6.24. The summed E-state index contributed by atoms with van der Waals surface area (Å²) in [6, 6.07) is 2.33. The van der Waals surface area contributed by atoms with E-state index in [4.69, 9.17) is 9.47 Å². The lowest BCUT2D eigenvalue weighted by molar-refractivity contribution is -0.385. The minimum atomic E-state index is -0.763. The van der Waals surface area contributed by atoms with E-state index in [1.54, 1.807) is 10.9 Å². The fourth-order valence-electron chi connectivity index (χ4n) is 2.02. The molecular weight excluding hydrogens is 376 g/mol. The van der Waals surface area contributed by atoms with E-state index in [0.29, 0.717) is 5.69 Å². The van der Waals surface area contributed by atoms with Crippen LogP contribution >= 0.6 is 11.3 Å². The molecule has 0 aliphatic rings. The first-order valence-corrected chi connectivity index (χ1v) is 8.62. The van der Waals surface area contributed by atoms with E-state index in [2.05, 4.69) is 10.3 Å². The van der Waals surface area contributed by atoms with Crippen LogP contribution in [0.2, 0.25) is 0 Å². The largest absolute Gasteiger partial charge is 0.493 e. The van der Waals surface area contributed by atoms with Crippen LogP contribution in [0.4, 0.5) is 5.69 Å². The number of amides is 2. The Kier molecular flexibility index (Phi) is 6.66. The van der Waals surface area contributed by atoms with Gasteiger partial charge in [0.2, 0.25) is 5.91 Å². The van der Waals surface area contributed by atoms with Gasteiger partial charge in [-0.1, -0.05) is 0 Å². The summed E-state index contributed by atoms with van der Waals surface area (Å²) in [5.74, 6) is -0.847. The Bertz CT molecular complexity index is 838. The molecule has 0 spiro atoms. The summed E-state index contributed by atoms with van der Waals surface area (Å²) < 4.78 is 10.7. The quantitative estimate of drug-likeness (QED) is 0.531. The number of hydrogen-bond donors (Lipinski definition) is 1. The predicted octanol–water partition coefficient (Wildman–Crippen LogP) is 1.46. The third-order valence-corrected chi connectivity index (χ3v) is 4.12. The number of aromatic nitrogens is 1. The van der Waals surface area contributed by atoms with Gasteiger partial charge in [0.05, 0.1) is 35.8 Å². The summed E-state index contributed by atoms with van der Waals surface area (Å²) in [5, 5.41) is 15.5. The van der Waals surface area contributed by atoms with Crippen molar-refractivity contribution in [2.45, 2.75) is 6.61 Å². The van der Waals surface area contributed by atoms with E-state index in [-0.39, 0.29) is 36.1 Å². The molecule has 144 valence electrons. The lowest BCUT2D eigenvalue weighted by Gasteiger charge is -2.13. The van der Waals surface area contributed by atoms with Crippen molar-refractivity contribution >= 4 is 28.8 Å². The van der Waals surface area contributed by atoms with Crippen molar-refractivity contribution < 1.29 is 24.0 Å². The summed E-state index contributed by atoms with van der Waals surface area (Å²) in [6.45, 7) is -0.187. The van der Waals surface area contributed by atoms with Crippen molar-refractivity contribution in [3.63, 3.8) is 0 Å². The number of nitrogens with one attached hydrogen (secondary N) is 1. The smallest absolute Gasteiger partial charge is 0.286 e. The molecule has 0 aliphatic heterocycles. The van der Waals surface area contributed by atoms with Gasteiger partial charge in [0.1, 0.15) is 12.2 Å². The number of likely N-dealkylation sites (N-methyl/N-ethyl adjacent to an activating group) is 1. The average Bonchev–Trinajstić information content (AvgIpc) is 3.16. The average molecular weight is 394 g/mol. The maximum absolute atomic E-state index is 12.3. The zero-order chi connectivity index (χ0) is 20.0. The number of nitro benzene ring substituents is 1. The summed E-state index contributed by atoms with van der Waals surface area (Å²) in [5.41, 5.74) is 1.61. The molecule has 0 unspecified atom stereocenters. The third-order valence-electron chi connectivity index (χ3n) is 3.48. The second kappa shape index (κ2) is 8.94. The van der Waals surface area contributed by atoms with Gasteiger partial charge in [-0.3, -0.25) is 19.7 Å². The van der Waals surface area contributed by atoms with Gasteiger partial charge in [0.15, 0.2) is 11.5 Å². The highest BCUT2D eigenvalue weighted by Crippen LogP contribution is 2.35. The Balaban J connectivity index is 2.27. The van der Waals surface area contributed by atoms with Crippen molar-refractivity contribution in [2.75, 3.05) is 27.7 Å². The number of ether oxygens (including phenoxy) is 2. The molecule has 2 aromatic rings. The Morgan fingerprint density at radius 1 is 1.33 bits per heavy atom. The molecule has 0 atom stereocenters. The number of nitro groups is 1. The molecule has 27 heavy (non-hydrogen) atoms. The molecule has 0 saturated carbocycles. The minimum absolute atomic E-state index is 0.0971. The maximum Gasteiger partial charge on any atom is 0.286 e. The third kappa shape index (κ3) is 5.14. The first-order chi connectivity index (χ1) is 12.8. The standard InChI is InChI=1S/C16H18N4O6S/c1-19(2)15(21)6-17-16(22)11-4-13(25-3)14(5-12(11)20(23)24)26-7-10-8-27-9-18-10/h4-5,8-9H,6-7H2,1-3H3,(H,17,22). The number of rotatable bonds is 8. The highest BCUT2D eigenvalue weighted by molar-refractivity contribution is 7.07. The van der Waals surface area contributed by atoms with Crippen LogP contribution < -0.4 is 14.8 Å². The predicted molar refractivity (Wildman–Crippen MR) is 97.1 cm³/mol. The van der Waals surface area contributed by atoms with Gasteiger partial charge in [0.25, 0.3) is 11.6 Å². The molecule has 0 aliphatic carbocycles. The Labute approximate surface area is 158 Å². The Morgan fingerprint density at radius 3 is 2.63 bits per heavy atom. The number of benzene rings is 1. The van der Waals surface area contributed by atoms with E-state index >= 15 is 0 Å². The van der Waals surface area contributed by atoms with Crippen LogP contribution in [0.1, 0.15) is 16.1 Å². The topological polar surface area (TPSA) is 124 Å². The number of carbonyl (C=O) groups is 2. The molecule has 1 heterocycles. The van der Waals surface area contributed by atoms with Crippen LogP contribution in [-0.2, 0) is 11.4 Å². The number of thiazole rings is 1. The molecule has 0 radical (unpaired) electrons. The van der Waals surface area contributed by atoms with Crippen molar-refractivity contribution in [2.24, 2.45) is 0 Å². The SMILES string of the molecule is COc1cc(C(=O)NCC(=O)N(C)C)c([N+](=O)[O-])cc1OCc1cscn1. The Hall–Kier alpha value is -3.21. The molecule has 1 aromatic heterocycles. The summed E-state index contributed by atoms with van der Waals surface area (Å²) in [6.07, 6.45) is 0. The molecule has 1 N–H and O–H groups in total. The molecule has 0 saturated heterocycles. The lowest BCUT2D eigenvalue weighted by atomic mass is 10.1. The van der Waals surface area contributed by atoms with Crippen molar-refractivity contribution in [1.29, 1.82) is 0 Å². The van der Waals surface area contributed by atoms with Crippen molar-refractivity contribution in [3.05, 3.63) is 44.4 Å². The normalized spacial score (nSPS) is 10.2. The minimum Gasteiger partial charge on any atom is -0.493 e. The molecule has 0 fully saturated rings. The fourth-order valence-corrected chi connectivity index (χ4v) is 2.57. The highest BCUT2D eigenvalue weighted by atomic mass is 32.1. The molecule has 11 heteroatoms. The van der Waals surface area contributed by atoms with Crippen LogP contribution in [-0.4, -0.2) is 54.4 Å². The molecule has 0 bridgehead atoms. The van der Waals surface area contributed by atoms with Gasteiger partial charge >= 0.3 is 0 Å². The van der Waals surface area contributed by atoms with E-state index in [1.807, 2.05) is 0 Å². The fraction of sp³-hybridized carbons (Fsp3) is 0.312. The Morgan fingerprint density at radius 2 is 2.07 bits per heavy atom. The van der Waals surface area contributed by atoms with Gasteiger partial charge in [-0.15, -0.1) is 11.3 Å². The second-order valence-electron chi connectivity index (χ2n) is 5.52. The zero-order valence-corrected chi connectivity index (χ0v) is 15.7. The van der Waals surface area contributed by atoms with Gasteiger partial charge in [0, 0.05) is 25.5 Å². The maximum atomic E-state index is 12.3. The molecule has 1 aromatic carbocycles. The number of carbonyl (C=O) groups excluding carboxylic acids is 2. The first-order valence-electron chi connectivity index (χ1n) is 7.68. The van der Waals surface area contributed by atoms with Gasteiger partial charge in [-0.25, -0.2) is 4.98 Å². The zero-order valence-electron chi connectivity index (χ0n) is 14.9. The van der Waals surface area contributed by atoms with Crippen LogP contribution in [0.3, 0.4) is 0 Å². The van der Waals surface area contributed by atoms with Crippen LogP contribution in [0.5, 0.6) is 11.5 Å². The van der Waals surface area contributed by atoms with Crippen LogP contribution in [0.15, 0.2) is 23.0 Å². The van der Waals surface area contributed by atoms with Crippen LogP contribution in [0, 0.1) is 10.1 Å². The number of methoxy groups -OCH3 is 1. The highest BCUT2D eigenvalue weighted by Gasteiger charge is 2.25.